The second-order valence-corrected chi connectivity index (χ2v) is 10.5. The monoisotopic (exact) mass is 588 g/mol. The van der Waals surface area contributed by atoms with Crippen LogP contribution in [-0.4, -0.2) is 30.3 Å². The molecule has 0 fully saturated rings. The molecule has 3 heterocycles. The number of nitrogens with zero attached hydrogens (tertiary/aromatic N) is 5. The first-order valence-electron chi connectivity index (χ1n) is 10.2. The van der Waals surface area contributed by atoms with Crippen LogP contribution in [0.2, 0.25) is 10.0 Å². The molecule has 0 radical (unpaired) electrons. The minimum atomic E-state index is -4.69. The highest BCUT2D eigenvalue weighted by Gasteiger charge is 2.36. The van der Waals surface area contributed by atoms with Crippen molar-refractivity contribution in [1.82, 2.24) is 24.4 Å². The summed E-state index contributed by atoms with van der Waals surface area (Å²) in [5.74, 6) is -0.562. The molecule has 4 aromatic rings. The highest BCUT2D eigenvalue weighted by Crippen LogP contribution is 2.33. The van der Waals surface area contributed by atoms with Gasteiger partial charge in [0, 0.05) is 17.7 Å². The van der Waals surface area contributed by atoms with Crippen LogP contribution >= 0.6 is 39.1 Å². The number of hydrogen-bond donors (Lipinski definition) is 1. The Kier molecular flexibility index (Phi) is 6.62. The predicted octanol–water partition coefficient (Wildman–Crippen LogP) is 6.61. The Morgan fingerprint density at radius 3 is 2.43 bits per heavy atom. The molecule has 4 rings (SSSR count). The summed E-state index contributed by atoms with van der Waals surface area (Å²) >= 11 is 15.3. The summed E-state index contributed by atoms with van der Waals surface area (Å²) in [6.45, 7) is 5.60. The number of alkyl halides is 3. The normalized spacial score (nSPS) is 12.4. The number of rotatable bonds is 4. The molecule has 0 bridgehead atoms. The third kappa shape index (κ3) is 5.46. The zero-order valence-electron chi connectivity index (χ0n) is 18.6. The molecular formula is C22H18BrCl2F3N6O. The number of nitrogens with one attached hydrogen (secondary N) is 1. The molecule has 184 valence electrons. The number of fused-ring (bicyclic) bond motifs is 1. The van der Waals surface area contributed by atoms with Gasteiger partial charge in [-0.3, -0.25) is 9.48 Å². The Labute approximate surface area is 216 Å². The van der Waals surface area contributed by atoms with Crippen LogP contribution in [-0.2, 0) is 18.1 Å². The van der Waals surface area contributed by atoms with Crippen molar-refractivity contribution in [3.8, 4) is 0 Å². The number of anilines is 1. The van der Waals surface area contributed by atoms with Gasteiger partial charge in [-0.25, -0.2) is 9.50 Å². The third-order valence-electron chi connectivity index (χ3n) is 5.00. The van der Waals surface area contributed by atoms with E-state index in [1.807, 2.05) is 0 Å². The molecule has 0 unspecified atom stereocenters. The van der Waals surface area contributed by atoms with Crippen molar-refractivity contribution in [1.29, 1.82) is 0 Å². The highest BCUT2D eigenvalue weighted by atomic mass is 79.9. The Morgan fingerprint density at radius 1 is 1.09 bits per heavy atom. The van der Waals surface area contributed by atoms with Crippen LogP contribution in [0.4, 0.5) is 19.0 Å². The first-order chi connectivity index (χ1) is 16.2. The summed E-state index contributed by atoms with van der Waals surface area (Å²) in [6.07, 6.45) is -3.05. The lowest BCUT2D eigenvalue weighted by atomic mass is 9.91. The zero-order valence-corrected chi connectivity index (χ0v) is 21.7. The van der Waals surface area contributed by atoms with E-state index in [1.165, 1.54) is 6.07 Å². The van der Waals surface area contributed by atoms with E-state index in [1.54, 1.807) is 49.8 Å². The molecule has 0 aliphatic rings. The fraction of sp³-hybridized carbons (Fsp3) is 0.273. The lowest BCUT2D eigenvalue weighted by Crippen LogP contribution is -2.20. The first kappa shape index (κ1) is 25.5. The molecule has 35 heavy (non-hydrogen) atoms. The van der Waals surface area contributed by atoms with Crippen molar-refractivity contribution in [3.05, 3.63) is 73.7 Å². The van der Waals surface area contributed by atoms with Gasteiger partial charge in [0.25, 0.3) is 5.91 Å². The van der Waals surface area contributed by atoms with E-state index >= 15 is 0 Å². The highest BCUT2D eigenvalue weighted by molar-refractivity contribution is 9.10. The van der Waals surface area contributed by atoms with E-state index in [0.717, 1.165) is 11.6 Å². The molecule has 1 aromatic carbocycles. The zero-order chi connectivity index (χ0) is 25.7. The second kappa shape index (κ2) is 9.11. The lowest BCUT2D eigenvalue weighted by molar-refractivity contribution is -0.142. The van der Waals surface area contributed by atoms with E-state index in [0.29, 0.717) is 25.6 Å². The largest absolute Gasteiger partial charge is 0.433 e. The number of aromatic nitrogens is 5. The van der Waals surface area contributed by atoms with Gasteiger partial charge in [0.05, 0.1) is 26.8 Å². The summed E-state index contributed by atoms with van der Waals surface area (Å²) in [4.78, 5) is 17.1. The van der Waals surface area contributed by atoms with Gasteiger partial charge in [-0.1, -0.05) is 50.0 Å². The number of carbonyl (C=O) groups is 1. The van der Waals surface area contributed by atoms with E-state index in [2.05, 4.69) is 36.4 Å². The minimum Gasteiger partial charge on any atom is -0.303 e. The van der Waals surface area contributed by atoms with E-state index in [4.69, 9.17) is 23.2 Å². The number of hydrogen-bond acceptors (Lipinski definition) is 4. The standard InChI is InChI=1S/C22H18BrCl2F3N6O/c1-21(2,3)16-8-17(22(26,27)28)34-18(29-16)7-15(31-34)20(35)30-19-12(23)10-33(32-19)9-11-4-5-13(24)14(25)6-11/h4-8,10H,9H2,1-3H3,(H,30,32,35). The maximum absolute atomic E-state index is 13.7. The van der Waals surface area contributed by atoms with E-state index in [-0.39, 0.29) is 22.9 Å². The fourth-order valence-corrected chi connectivity index (χ4v) is 3.97. The topological polar surface area (TPSA) is 77.1 Å². The van der Waals surface area contributed by atoms with Crippen LogP contribution in [0.25, 0.3) is 5.65 Å². The van der Waals surface area contributed by atoms with Crippen LogP contribution in [0.1, 0.15) is 48.2 Å². The SMILES string of the molecule is CC(C)(C)c1cc(C(F)(F)F)n2nc(C(=O)Nc3nn(Cc4ccc(Cl)c(Cl)c4)cc3Br)cc2n1. The molecule has 0 aliphatic carbocycles. The maximum atomic E-state index is 13.7. The second-order valence-electron chi connectivity index (χ2n) is 8.80. The van der Waals surface area contributed by atoms with Crippen LogP contribution in [0.5, 0.6) is 0 Å². The number of amides is 1. The number of benzene rings is 1. The minimum absolute atomic E-state index is 0.0842. The predicted molar refractivity (Wildman–Crippen MR) is 130 cm³/mol. The molecular weight excluding hydrogens is 572 g/mol. The average molecular weight is 590 g/mol. The summed E-state index contributed by atoms with van der Waals surface area (Å²) in [7, 11) is 0. The van der Waals surface area contributed by atoms with Gasteiger partial charge in [0.15, 0.2) is 17.2 Å². The Bertz CT molecular complexity index is 1440. The number of carbonyl (C=O) groups excluding carboxylic acids is 1. The van der Waals surface area contributed by atoms with Gasteiger partial charge in [-0.05, 0) is 39.7 Å². The van der Waals surface area contributed by atoms with Gasteiger partial charge in [-0.2, -0.15) is 23.4 Å². The molecule has 13 heteroatoms. The molecule has 0 aliphatic heterocycles. The quantitative estimate of drug-likeness (QED) is 0.290. The fourth-order valence-electron chi connectivity index (χ4n) is 3.23. The number of halogens is 6. The summed E-state index contributed by atoms with van der Waals surface area (Å²) < 4.78 is 43.8. The van der Waals surface area contributed by atoms with Crippen molar-refractivity contribution in [2.45, 2.75) is 38.9 Å². The van der Waals surface area contributed by atoms with E-state index < -0.39 is 23.2 Å². The smallest absolute Gasteiger partial charge is 0.303 e. The summed E-state index contributed by atoms with van der Waals surface area (Å²) in [5.41, 5.74) is -0.917. The van der Waals surface area contributed by atoms with E-state index in [9.17, 15) is 18.0 Å². The molecule has 0 saturated carbocycles. The summed E-state index contributed by atoms with van der Waals surface area (Å²) in [5, 5.41) is 11.6. The molecule has 0 spiro atoms. The Balaban J connectivity index is 1.62. The molecule has 0 atom stereocenters. The molecule has 1 amide bonds. The molecule has 7 nitrogen and oxygen atoms in total. The van der Waals surface area contributed by atoms with Crippen molar-refractivity contribution < 1.29 is 18.0 Å². The van der Waals surface area contributed by atoms with Gasteiger partial charge in [0.1, 0.15) is 5.69 Å². The van der Waals surface area contributed by atoms with Gasteiger partial charge >= 0.3 is 6.18 Å². The third-order valence-corrected chi connectivity index (χ3v) is 6.32. The molecule has 0 saturated heterocycles. The average Bonchev–Trinajstić information content (AvgIpc) is 3.32. The molecule has 1 N–H and O–H groups in total. The summed E-state index contributed by atoms with van der Waals surface area (Å²) in [6, 6.07) is 7.31. The van der Waals surface area contributed by atoms with Crippen molar-refractivity contribution >= 4 is 56.5 Å². The van der Waals surface area contributed by atoms with Crippen LogP contribution in [0.3, 0.4) is 0 Å². The van der Waals surface area contributed by atoms with Crippen LogP contribution < -0.4 is 5.32 Å². The van der Waals surface area contributed by atoms with Crippen molar-refractivity contribution in [2.24, 2.45) is 0 Å². The van der Waals surface area contributed by atoms with Crippen molar-refractivity contribution in [3.63, 3.8) is 0 Å². The molecule has 3 aromatic heterocycles. The van der Waals surface area contributed by atoms with Gasteiger partial charge < -0.3 is 5.32 Å². The van der Waals surface area contributed by atoms with Crippen LogP contribution in [0, 0.1) is 0 Å². The van der Waals surface area contributed by atoms with Crippen LogP contribution in [0.15, 0.2) is 41.0 Å². The Morgan fingerprint density at radius 2 is 1.80 bits per heavy atom. The maximum Gasteiger partial charge on any atom is 0.433 e. The van der Waals surface area contributed by atoms with Gasteiger partial charge in [0.2, 0.25) is 0 Å². The van der Waals surface area contributed by atoms with Gasteiger partial charge in [-0.15, -0.1) is 0 Å². The lowest BCUT2D eigenvalue weighted by Gasteiger charge is -2.19. The first-order valence-corrected chi connectivity index (χ1v) is 11.7. The Hall–Kier alpha value is -2.63. The van der Waals surface area contributed by atoms with Crippen molar-refractivity contribution in [2.75, 3.05) is 5.32 Å².